The van der Waals surface area contributed by atoms with Crippen molar-refractivity contribution in [2.45, 2.75) is 6.18 Å². The second-order valence-corrected chi connectivity index (χ2v) is 6.28. The van der Waals surface area contributed by atoms with Gasteiger partial charge in [0, 0.05) is 56.5 Å². The Morgan fingerprint density at radius 2 is 1.81 bits per heavy atom. The molecule has 9 heteroatoms. The molecule has 0 N–H and O–H groups in total. The van der Waals surface area contributed by atoms with E-state index in [9.17, 15) is 13.2 Å². The second kappa shape index (κ2) is 6.64. The predicted molar refractivity (Wildman–Crippen MR) is 95.4 cm³/mol. The van der Waals surface area contributed by atoms with Gasteiger partial charge in [-0.05, 0) is 12.1 Å². The Labute approximate surface area is 153 Å². The van der Waals surface area contributed by atoms with Gasteiger partial charge in [0.1, 0.15) is 5.75 Å². The van der Waals surface area contributed by atoms with Crippen molar-refractivity contribution in [2.24, 2.45) is 0 Å². The van der Waals surface area contributed by atoms with Gasteiger partial charge in [-0.3, -0.25) is 0 Å². The Morgan fingerprint density at radius 3 is 2.52 bits per heavy atom. The lowest BCUT2D eigenvalue weighted by Gasteiger charge is -2.36. The molecule has 0 amide bonds. The third kappa shape index (κ3) is 3.36. The van der Waals surface area contributed by atoms with Crippen molar-refractivity contribution >= 4 is 17.2 Å². The van der Waals surface area contributed by atoms with Gasteiger partial charge < -0.3 is 18.9 Å². The Hall–Kier alpha value is -2.97. The highest BCUT2D eigenvalue weighted by Crippen LogP contribution is 2.30. The Morgan fingerprint density at radius 1 is 1.07 bits per heavy atom. The van der Waals surface area contributed by atoms with Crippen molar-refractivity contribution < 1.29 is 17.9 Å². The first-order chi connectivity index (χ1) is 13.0. The monoisotopic (exact) mass is 377 g/mol. The molecule has 0 saturated carbocycles. The molecule has 3 aromatic rings. The summed E-state index contributed by atoms with van der Waals surface area (Å²) in [5, 5.41) is 0. The summed E-state index contributed by atoms with van der Waals surface area (Å²) in [4.78, 5) is 12.2. The summed E-state index contributed by atoms with van der Waals surface area (Å²) in [6.45, 7) is 2.72. The van der Waals surface area contributed by atoms with Gasteiger partial charge in [0.25, 0.3) is 0 Å². The smallest absolute Gasteiger partial charge is 0.434 e. The van der Waals surface area contributed by atoms with Crippen LogP contribution in [0, 0.1) is 0 Å². The van der Waals surface area contributed by atoms with E-state index in [0.717, 1.165) is 30.7 Å². The topological polar surface area (TPSA) is 45.9 Å². The third-order valence-corrected chi connectivity index (χ3v) is 4.64. The maximum absolute atomic E-state index is 13.0. The average molecular weight is 377 g/mol. The number of methoxy groups -OCH3 is 1. The number of rotatable bonds is 3. The van der Waals surface area contributed by atoms with Crippen molar-refractivity contribution in [1.29, 1.82) is 0 Å². The minimum atomic E-state index is -4.48. The molecule has 6 nitrogen and oxygen atoms in total. The number of aromatic nitrogens is 3. The van der Waals surface area contributed by atoms with E-state index >= 15 is 0 Å². The molecule has 1 aromatic carbocycles. The lowest BCUT2D eigenvalue weighted by atomic mass is 10.2. The zero-order chi connectivity index (χ0) is 19.0. The molecule has 0 spiro atoms. The van der Waals surface area contributed by atoms with Gasteiger partial charge >= 0.3 is 6.18 Å². The van der Waals surface area contributed by atoms with Crippen molar-refractivity contribution in [3.8, 4) is 5.75 Å². The van der Waals surface area contributed by atoms with E-state index < -0.39 is 11.9 Å². The van der Waals surface area contributed by atoms with Gasteiger partial charge in [0.2, 0.25) is 0 Å². The van der Waals surface area contributed by atoms with Crippen molar-refractivity contribution in [2.75, 3.05) is 43.1 Å². The van der Waals surface area contributed by atoms with E-state index in [2.05, 4.69) is 14.9 Å². The Bertz CT molecular complexity index is 948. The van der Waals surface area contributed by atoms with Crippen LogP contribution >= 0.6 is 0 Å². The summed E-state index contributed by atoms with van der Waals surface area (Å²) in [5.41, 5.74) is 0.367. The number of ether oxygens (including phenoxy) is 1. The van der Waals surface area contributed by atoms with Crippen LogP contribution in [-0.2, 0) is 6.18 Å². The SMILES string of the molecule is COc1cccc(N2CCN(c3nccn4cc(C(F)(F)F)nc34)CC2)c1. The summed E-state index contributed by atoms with van der Waals surface area (Å²) >= 11 is 0. The van der Waals surface area contributed by atoms with E-state index in [1.165, 1.54) is 16.8 Å². The minimum Gasteiger partial charge on any atom is -0.497 e. The Kier molecular flexibility index (Phi) is 4.29. The standard InChI is InChI=1S/C18H18F3N5O/c1-27-14-4-2-3-13(11-14)24-7-9-25(10-8-24)16-17-23-15(18(19,20)21)12-26(17)6-5-22-16/h2-6,11-12H,7-10H2,1H3. The highest BCUT2D eigenvalue weighted by molar-refractivity contribution is 5.65. The highest BCUT2D eigenvalue weighted by atomic mass is 19.4. The number of fused-ring (bicyclic) bond motifs is 1. The maximum Gasteiger partial charge on any atom is 0.434 e. The zero-order valence-electron chi connectivity index (χ0n) is 14.6. The van der Waals surface area contributed by atoms with E-state index in [4.69, 9.17) is 4.74 Å². The minimum absolute atomic E-state index is 0.222. The summed E-state index contributed by atoms with van der Waals surface area (Å²) in [6.07, 6.45) is -0.506. The summed E-state index contributed by atoms with van der Waals surface area (Å²) in [7, 11) is 1.63. The molecule has 27 heavy (non-hydrogen) atoms. The van der Waals surface area contributed by atoms with Crippen LogP contribution in [0.25, 0.3) is 5.65 Å². The molecule has 0 atom stereocenters. The number of anilines is 2. The summed E-state index contributed by atoms with van der Waals surface area (Å²) in [5.74, 6) is 1.26. The molecule has 142 valence electrons. The van der Waals surface area contributed by atoms with Gasteiger partial charge in [0.05, 0.1) is 7.11 Å². The van der Waals surface area contributed by atoms with Crippen molar-refractivity contribution in [3.63, 3.8) is 0 Å². The van der Waals surface area contributed by atoms with E-state index in [0.29, 0.717) is 18.9 Å². The molecule has 0 aliphatic carbocycles. The molecule has 0 radical (unpaired) electrons. The predicted octanol–water partition coefficient (Wildman–Crippen LogP) is 3.08. The second-order valence-electron chi connectivity index (χ2n) is 6.28. The Balaban J connectivity index is 1.55. The largest absolute Gasteiger partial charge is 0.497 e. The fraction of sp³-hybridized carbons (Fsp3) is 0.333. The normalized spacial score (nSPS) is 15.4. The van der Waals surface area contributed by atoms with Crippen LogP contribution in [0.3, 0.4) is 0 Å². The molecule has 4 rings (SSSR count). The fourth-order valence-corrected chi connectivity index (χ4v) is 3.25. The van der Waals surface area contributed by atoms with Crippen LogP contribution in [0.4, 0.5) is 24.7 Å². The van der Waals surface area contributed by atoms with Crippen LogP contribution in [0.15, 0.2) is 42.9 Å². The third-order valence-electron chi connectivity index (χ3n) is 4.64. The lowest BCUT2D eigenvalue weighted by molar-refractivity contribution is -0.140. The van der Waals surface area contributed by atoms with Gasteiger partial charge in [-0.25, -0.2) is 9.97 Å². The highest BCUT2D eigenvalue weighted by Gasteiger charge is 2.34. The van der Waals surface area contributed by atoms with Gasteiger partial charge in [0.15, 0.2) is 17.2 Å². The van der Waals surface area contributed by atoms with Crippen molar-refractivity contribution in [1.82, 2.24) is 14.4 Å². The molecular weight excluding hydrogens is 359 g/mol. The van der Waals surface area contributed by atoms with Crippen molar-refractivity contribution in [3.05, 3.63) is 48.5 Å². The van der Waals surface area contributed by atoms with Crippen LogP contribution in [-0.4, -0.2) is 47.7 Å². The number of alkyl halides is 3. The molecule has 0 unspecified atom stereocenters. The molecular formula is C18H18F3N5O. The van der Waals surface area contributed by atoms with E-state index in [1.54, 1.807) is 7.11 Å². The number of benzene rings is 1. The first-order valence-corrected chi connectivity index (χ1v) is 8.50. The lowest BCUT2D eigenvalue weighted by Crippen LogP contribution is -2.47. The number of nitrogens with zero attached hydrogens (tertiary/aromatic N) is 5. The molecule has 3 heterocycles. The molecule has 2 aromatic heterocycles. The summed E-state index contributed by atoms with van der Waals surface area (Å²) in [6, 6.07) is 7.81. The molecule has 1 fully saturated rings. The van der Waals surface area contributed by atoms with Crippen LogP contribution in [0.2, 0.25) is 0 Å². The molecule has 1 saturated heterocycles. The van der Waals surface area contributed by atoms with Crippen LogP contribution in [0.1, 0.15) is 5.69 Å². The first kappa shape index (κ1) is 17.4. The molecule has 1 aliphatic heterocycles. The van der Waals surface area contributed by atoms with E-state index in [-0.39, 0.29) is 5.65 Å². The zero-order valence-corrected chi connectivity index (χ0v) is 14.6. The van der Waals surface area contributed by atoms with Gasteiger partial charge in [-0.2, -0.15) is 13.2 Å². The van der Waals surface area contributed by atoms with Crippen LogP contribution in [0.5, 0.6) is 5.75 Å². The number of hydrogen-bond donors (Lipinski definition) is 0. The molecule has 0 bridgehead atoms. The molecule has 1 aliphatic rings. The van der Waals surface area contributed by atoms with Gasteiger partial charge in [-0.1, -0.05) is 6.07 Å². The number of piperazine rings is 1. The van der Waals surface area contributed by atoms with Crippen LogP contribution < -0.4 is 14.5 Å². The number of imidazole rings is 1. The maximum atomic E-state index is 13.0. The first-order valence-electron chi connectivity index (χ1n) is 8.50. The quantitative estimate of drug-likeness (QED) is 0.702. The number of halogens is 3. The summed E-state index contributed by atoms with van der Waals surface area (Å²) < 4.78 is 45.6. The van der Waals surface area contributed by atoms with Gasteiger partial charge in [-0.15, -0.1) is 0 Å². The number of hydrogen-bond acceptors (Lipinski definition) is 5. The van der Waals surface area contributed by atoms with E-state index in [1.807, 2.05) is 29.2 Å². The average Bonchev–Trinajstić information content (AvgIpc) is 3.13. The fourth-order valence-electron chi connectivity index (χ4n) is 3.25.